The number of carbonyl (C=O) groups excluding carboxylic acids is 2. The van der Waals surface area contributed by atoms with Crippen LogP contribution in [0.3, 0.4) is 0 Å². The van der Waals surface area contributed by atoms with Crippen molar-refractivity contribution in [2.75, 3.05) is 38.6 Å². The number of hydrogen-bond acceptors (Lipinski definition) is 4. The van der Waals surface area contributed by atoms with Gasteiger partial charge in [-0.05, 0) is 67.6 Å². The van der Waals surface area contributed by atoms with Crippen LogP contribution in [0, 0.1) is 11.2 Å². The first-order valence-corrected chi connectivity index (χ1v) is 10.8. The van der Waals surface area contributed by atoms with Crippen molar-refractivity contribution in [1.82, 2.24) is 10.2 Å². The molecule has 0 saturated carbocycles. The second kappa shape index (κ2) is 10.7. The Labute approximate surface area is 192 Å². The zero-order chi connectivity index (χ0) is 23.1. The molecule has 0 unspecified atom stereocenters. The molecule has 3 amide bonds. The molecule has 3 rings (SSSR count). The van der Waals surface area contributed by atoms with Gasteiger partial charge in [0.1, 0.15) is 11.6 Å². The lowest BCUT2D eigenvalue weighted by atomic mass is 9.73. The van der Waals surface area contributed by atoms with Crippen LogP contribution in [0.2, 0.25) is 5.02 Å². The fourth-order valence-corrected chi connectivity index (χ4v) is 4.32. The van der Waals surface area contributed by atoms with Crippen molar-refractivity contribution in [3.8, 4) is 5.75 Å². The Morgan fingerprint density at radius 2 is 1.88 bits per heavy atom. The number of nitrogens with two attached hydrogens (primary N) is 1. The van der Waals surface area contributed by atoms with E-state index in [9.17, 15) is 14.0 Å². The van der Waals surface area contributed by atoms with Gasteiger partial charge in [0.05, 0.1) is 5.69 Å². The Bertz CT molecular complexity index is 947. The van der Waals surface area contributed by atoms with Crippen molar-refractivity contribution in [1.29, 1.82) is 0 Å². The lowest BCUT2D eigenvalue weighted by Gasteiger charge is -2.42. The van der Waals surface area contributed by atoms with E-state index in [1.165, 1.54) is 18.2 Å². The van der Waals surface area contributed by atoms with Crippen LogP contribution >= 0.6 is 11.6 Å². The fourth-order valence-electron chi connectivity index (χ4n) is 4.15. The second-order valence-electron chi connectivity index (χ2n) is 8.13. The fraction of sp³-hybridized carbons (Fsp3) is 0.391. The van der Waals surface area contributed by atoms with E-state index in [0.717, 1.165) is 31.4 Å². The van der Waals surface area contributed by atoms with Crippen molar-refractivity contribution in [2.45, 2.75) is 19.3 Å². The summed E-state index contributed by atoms with van der Waals surface area (Å²) in [5.41, 5.74) is 6.57. The van der Waals surface area contributed by atoms with Gasteiger partial charge in [0.15, 0.2) is 6.61 Å². The molecule has 1 saturated heterocycles. The van der Waals surface area contributed by atoms with Gasteiger partial charge < -0.3 is 26.0 Å². The molecule has 0 atom stereocenters. The minimum atomic E-state index is -0.749. The summed E-state index contributed by atoms with van der Waals surface area (Å²) in [6, 6.07) is 10.6. The predicted octanol–water partition coefficient (Wildman–Crippen LogP) is 3.42. The van der Waals surface area contributed by atoms with Crippen LogP contribution in [0.1, 0.15) is 18.4 Å². The number of likely N-dealkylation sites (tertiary alicyclic amines) is 1. The molecule has 2 aromatic carbocycles. The molecule has 0 bridgehead atoms. The Balaban J connectivity index is 1.58. The van der Waals surface area contributed by atoms with Crippen molar-refractivity contribution in [3.63, 3.8) is 0 Å². The first-order chi connectivity index (χ1) is 15.3. The highest BCUT2D eigenvalue weighted by Gasteiger charge is 2.35. The highest BCUT2D eigenvalue weighted by molar-refractivity contribution is 6.31. The number of nitrogens with zero attached hydrogens (tertiary/aromatic N) is 1. The van der Waals surface area contributed by atoms with Gasteiger partial charge in [-0.3, -0.25) is 4.79 Å². The van der Waals surface area contributed by atoms with Gasteiger partial charge in [0.25, 0.3) is 5.91 Å². The molecule has 4 N–H and O–H groups in total. The Hall–Kier alpha value is -2.84. The maximum Gasteiger partial charge on any atom is 0.316 e. The van der Waals surface area contributed by atoms with Crippen LogP contribution < -0.4 is 21.1 Å². The average Bonchev–Trinajstić information content (AvgIpc) is 2.75. The van der Waals surface area contributed by atoms with Crippen molar-refractivity contribution in [2.24, 2.45) is 11.1 Å². The van der Waals surface area contributed by atoms with E-state index in [-0.39, 0.29) is 23.7 Å². The molecule has 2 aromatic rings. The van der Waals surface area contributed by atoms with Crippen LogP contribution in [-0.4, -0.2) is 50.1 Å². The summed E-state index contributed by atoms with van der Waals surface area (Å²) in [6.45, 7) is 1.87. The molecule has 0 radical (unpaired) electrons. The average molecular weight is 463 g/mol. The SMILES string of the molecule is CNCC1(Cc2ccc(F)cc2)CCN(C(=O)COc2ccc(Cl)cc2NC(N)=O)CC1. The summed E-state index contributed by atoms with van der Waals surface area (Å²) in [5.74, 6) is -0.0593. The van der Waals surface area contributed by atoms with Gasteiger partial charge in [0.2, 0.25) is 0 Å². The molecule has 0 spiro atoms. The zero-order valence-electron chi connectivity index (χ0n) is 18.0. The van der Waals surface area contributed by atoms with E-state index in [0.29, 0.717) is 29.5 Å². The first-order valence-electron chi connectivity index (χ1n) is 10.5. The van der Waals surface area contributed by atoms with Gasteiger partial charge in [0, 0.05) is 24.7 Å². The molecule has 32 heavy (non-hydrogen) atoms. The van der Waals surface area contributed by atoms with E-state index < -0.39 is 6.03 Å². The number of ether oxygens (including phenoxy) is 1. The van der Waals surface area contributed by atoms with Gasteiger partial charge in [-0.25, -0.2) is 9.18 Å². The van der Waals surface area contributed by atoms with Crippen LogP contribution in [0.4, 0.5) is 14.9 Å². The molecular weight excluding hydrogens is 435 g/mol. The standard InChI is InChI=1S/C23H28ClFN4O3/c1-27-15-23(13-16-2-5-18(25)6-3-16)8-10-29(11-9-23)21(30)14-32-20-7-4-17(24)12-19(20)28-22(26)31/h2-7,12,27H,8-11,13-15H2,1H3,(H3,26,28,31). The minimum Gasteiger partial charge on any atom is -0.482 e. The number of rotatable bonds is 8. The highest BCUT2D eigenvalue weighted by Crippen LogP contribution is 2.35. The zero-order valence-corrected chi connectivity index (χ0v) is 18.8. The Kier molecular flexibility index (Phi) is 7.93. The largest absolute Gasteiger partial charge is 0.482 e. The number of anilines is 1. The summed E-state index contributed by atoms with van der Waals surface area (Å²) in [7, 11) is 1.92. The lowest BCUT2D eigenvalue weighted by Crippen LogP contribution is -2.48. The van der Waals surface area contributed by atoms with E-state index in [2.05, 4.69) is 10.6 Å². The van der Waals surface area contributed by atoms with E-state index in [1.54, 1.807) is 17.0 Å². The molecule has 0 aromatic heterocycles. The number of benzene rings is 2. The normalized spacial score (nSPS) is 15.3. The lowest BCUT2D eigenvalue weighted by molar-refractivity contribution is -0.135. The van der Waals surface area contributed by atoms with Gasteiger partial charge in [-0.15, -0.1) is 0 Å². The number of piperidine rings is 1. The molecule has 9 heteroatoms. The summed E-state index contributed by atoms with van der Waals surface area (Å²) in [5, 5.41) is 6.12. The number of primary amides is 1. The Morgan fingerprint density at radius 3 is 2.50 bits per heavy atom. The quantitative estimate of drug-likeness (QED) is 0.560. The van der Waals surface area contributed by atoms with Crippen molar-refractivity contribution >= 4 is 29.2 Å². The Morgan fingerprint density at radius 1 is 1.19 bits per heavy atom. The number of amides is 3. The number of nitrogens with one attached hydrogen (secondary N) is 2. The van der Waals surface area contributed by atoms with Crippen LogP contribution in [0.15, 0.2) is 42.5 Å². The van der Waals surface area contributed by atoms with Gasteiger partial charge in [-0.1, -0.05) is 23.7 Å². The molecule has 7 nitrogen and oxygen atoms in total. The molecule has 172 valence electrons. The molecule has 1 aliphatic heterocycles. The maximum absolute atomic E-state index is 13.2. The highest BCUT2D eigenvalue weighted by atomic mass is 35.5. The van der Waals surface area contributed by atoms with Crippen LogP contribution in [0.5, 0.6) is 5.75 Å². The number of hydrogen-bond donors (Lipinski definition) is 3. The summed E-state index contributed by atoms with van der Waals surface area (Å²) in [4.78, 5) is 25.7. The monoisotopic (exact) mass is 462 g/mol. The third kappa shape index (κ3) is 6.34. The number of halogens is 2. The molecule has 1 fully saturated rings. The van der Waals surface area contributed by atoms with Crippen LogP contribution in [0.25, 0.3) is 0 Å². The summed E-state index contributed by atoms with van der Waals surface area (Å²) in [6.07, 6.45) is 2.47. The maximum atomic E-state index is 13.2. The second-order valence-corrected chi connectivity index (χ2v) is 8.57. The number of urea groups is 1. The van der Waals surface area contributed by atoms with E-state index in [4.69, 9.17) is 22.1 Å². The third-order valence-corrected chi connectivity index (χ3v) is 6.01. The van der Waals surface area contributed by atoms with E-state index in [1.807, 2.05) is 19.2 Å². The van der Waals surface area contributed by atoms with E-state index >= 15 is 0 Å². The van der Waals surface area contributed by atoms with Gasteiger partial charge >= 0.3 is 6.03 Å². The first kappa shape index (κ1) is 23.8. The van der Waals surface area contributed by atoms with Crippen molar-refractivity contribution < 1.29 is 18.7 Å². The topological polar surface area (TPSA) is 96.7 Å². The van der Waals surface area contributed by atoms with Crippen molar-refractivity contribution in [3.05, 3.63) is 58.9 Å². The van der Waals surface area contributed by atoms with Crippen LogP contribution in [-0.2, 0) is 11.2 Å². The molecule has 1 aliphatic rings. The number of carbonyl (C=O) groups is 2. The predicted molar refractivity (Wildman–Crippen MR) is 122 cm³/mol. The van der Waals surface area contributed by atoms with Gasteiger partial charge in [-0.2, -0.15) is 0 Å². The minimum absolute atomic E-state index is 0.00102. The summed E-state index contributed by atoms with van der Waals surface area (Å²) < 4.78 is 18.9. The molecule has 0 aliphatic carbocycles. The smallest absolute Gasteiger partial charge is 0.316 e. The molecule has 1 heterocycles. The summed E-state index contributed by atoms with van der Waals surface area (Å²) >= 11 is 5.96. The molecular formula is C23H28ClFN4O3. The third-order valence-electron chi connectivity index (χ3n) is 5.77.